The van der Waals surface area contributed by atoms with Gasteiger partial charge < -0.3 is 10.1 Å². The normalized spacial score (nSPS) is 14.0. The van der Waals surface area contributed by atoms with Crippen LogP contribution in [-0.2, 0) is 9.53 Å². The Morgan fingerprint density at radius 2 is 1.55 bits per heavy atom. The van der Waals surface area contributed by atoms with Crippen molar-refractivity contribution in [1.82, 2.24) is 10.2 Å². The fourth-order valence-electron chi connectivity index (χ4n) is 3.53. The molecule has 1 unspecified atom stereocenters. The van der Waals surface area contributed by atoms with Crippen molar-refractivity contribution in [3.05, 3.63) is 107 Å². The zero-order chi connectivity index (χ0) is 23.4. The van der Waals surface area contributed by atoms with E-state index in [1.165, 1.54) is 36.4 Å². The van der Waals surface area contributed by atoms with Gasteiger partial charge in [0.15, 0.2) is 12.4 Å². The van der Waals surface area contributed by atoms with Crippen molar-refractivity contribution in [2.75, 3.05) is 13.2 Å². The number of amides is 3. The molecule has 1 fully saturated rings. The topological polar surface area (TPSA) is 92.8 Å². The third-order valence-electron chi connectivity index (χ3n) is 5.24. The maximum atomic E-state index is 13.3. The molecule has 8 heteroatoms. The molecule has 3 aromatic rings. The Morgan fingerprint density at radius 3 is 2.18 bits per heavy atom. The summed E-state index contributed by atoms with van der Waals surface area (Å²) in [4.78, 5) is 51.1. The van der Waals surface area contributed by atoms with Gasteiger partial charge in [0.05, 0.1) is 18.2 Å². The molecule has 0 spiro atoms. The Bertz CT molecular complexity index is 1190. The van der Waals surface area contributed by atoms with Crippen molar-refractivity contribution >= 4 is 23.7 Å². The van der Waals surface area contributed by atoms with E-state index in [0.29, 0.717) is 5.56 Å². The zero-order valence-electron chi connectivity index (χ0n) is 17.4. The molecule has 1 N–H and O–H groups in total. The van der Waals surface area contributed by atoms with Gasteiger partial charge in [0.25, 0.3) is 11.8 Å². The third-order valence-corrected chi connectivity index (χ3v) is 5.24. The Balaban J connectivity index is 1.62. The van der Waals surface area contributed by atoms with Crippen molar-refractivity contribution in [2.45, 2.75) is 6.04 Å². The first-order valence-electron chi connectivity index (χ1n) is 10.2. The van der Waals surface area contributed by atoms with E-state index in [9.17, 15) is 23.6 Å². The Labute approximate surface area is 188 Å². The standard InChI is InChI=1S/C25H19FN2O5/c26-18-12-10-17(11-13-18)23(30)19-8-4-5-9-20(19)24(31)27-21(16-6-2-1-3-7-16)14-28-22(29)15-33-25(28)32/h1-13,21H,14-15H2,(H,27,31). The van der Waals surface area contributed by atoms with Crippen molar-refractivity contribution in [2.24, 2.45) is 0 Å². The number of carbonyl (C=O) groups is 4. The predicted molar refractivity (Wildman–Crippen MR) is 116 cm³/mol. The fourth-order valence-corrected chi connectivity index (χ4v) is 3.53. The molecule has 1 heterocycles. The van der Waals surface area contributed by atoms with Crippen LogP contribution in [0.1, 0.15) is 37.9 Å². The van der Waals surface area contributed by atoms with Gasteiger partial charge in [0.2, 0.25) is 0 Å². The molecule has 1 saturated heterocycles. The lowest BCUT2D eigenvalue weighted by Gasteiger charge is -2.23. The van der Waals surface area contributed by atoms with Crippen LogP contribution in [0.2, 0.25) is 0 Å². The van der Waals surface area contributed by atoms with Gasteiger partial charge >= 0.3 is 6.09 Å². The van der Waals surface area contributed by atoms with Crippen LogP contribution in [0.4, 0.5) is 9.18 Å². The number of nitrogens with one attached hydrogen (secondary N) is 1. The van der Waals surface area contributed by atoms with E-state index in [-0.39, 0.29) is 29.8 Å². The molecule has 7 nitrogen and oxygen atoms in total. The van der Waals surface area contributed by atoms with E-state index in [1.807, 2.05) is 0 Å². The molecule has 4 rings (SSSR count). The molecule has 3 aromatic carbocycles. The number of ether oxygens (including phenoxy) is 1. The van der Waals surface area contributed by atoms with E-state index in [0.717, 1.165) is 4.90 Å². The molecule has 3 amide bonds. The van der Waals surface area contributed by atoms with Gasteiger partial charge in [-0.25, -0.2) is 14.1 Å². The lowest BCUT2D eigenvalue weighted by Crippen LogP contribution is -2.40. The van der Waals surface area contributed by atoms with Crippen LogP contribution in [0.5, 0.6) is 0 Å². The number of imide groups is 1. The highest BCUT2D eigenvalue weighted by Crippen LogP contribution is 2.20. The van der Waals surface area contributed by atoms with Gasteiger partial charge in [0, 0.05) is 11.1 Å². The van der Waals surface area contributed by atoms with Gasteiger partial charge in [-0.3, -0.25) is 14.4 Å². The van der Waals surface area contributed by atoms with Crippen molar-refractivity contribution in [1.29, 1.82) is 0 Å². The minimum Gasteiger partial charge on any atom is -0.439 e. The molecule has 33 heavy (non-hydrogen) atoms. The summed E-state index contributed by atoms with van der Waals surface area (Å²) in [6.07, 6.45) is -0.776. The molecule has 166 valence electrons. The third kappa shape index (κ3) is 4.79. The average Bonchev–Trinajstić information content (AvgIpc) is 3.16. The summed E-state index contributed by atoms with van der Waals surface area (Å²) in [6.45, 7) is -0.467. The molecule has 0 saturated carbocycles. The quantitative estimate of drug-likeness (QED) is 0.561. The number of rotatable bonds is 7. The highest BCUT2D eigenvalue weighted by molar-refractivity contribution is 6.15. The second-order valence-electron chi connectivity index (χ2n) is 7.38. The summed E-state index contributed by atoms with van der Waals surface area (Å²) in [6, 6.07) is 19.4. The molecule has 1 aliphatic heterocycles. The molecule has 1 aliphatic rings. The van der Waals surface area contributed by atoms with Crippen LogP contribution in [-0.4, -0.2) is 41.7 Å². The molecule has 0 bridgehead atoms. The second-order valence-corrected chi connectivity index (χ2v) is 7.38. The summed E-state index contributed by atoms with van der Waals surface area (Å²) in [7, 11) is 0. The van der Waals surface area contributed by atoms with Crippen LogP contribution >= 0.6 is 0 Å². The molecular formula is C25H19FN2O5. The molecular weight excluding hydrogens is 427 g/mol. The summed E-state index contributed by atoms with van der Waals surface area (Å²) in [5, 5.41) is 2.82. The first-order valence-corrected chi connectivity index (χ1v) is 10.2. The summed E-state index contributed by atoms with van der Waals surface area (Å²) in [5.74, 6) is -1.97. The van der Waals surface area contributed by atoms with Gasteiger partial charge in [-0.15, -0.1) is 0 Å². The number of nitrogens with zero attached hydrogens (tertiary/aromatic N) is 1. The number of halogens is 1. The van der Waals surface area contributed by atoms with Gasteiger partial charge in [0.1, 0.15) is 5.82 Å². The Morgan fingerprint density at radius 1 is 0.909 bits per heavy atom. The summed E-state index contributed by atoms with van der Waals surface area (Å²) >= 11 is 0. The maximum absolute atomic E-state index is 13.3. The maximum Gasteiger partial charge on any atom is 0.417 e. The number of hydrogen-bond acceptors (Lipinski definition) is 5. The van der Waals surface area contributed by atoms with Gasteiger partial charge in [-0.05, 0) is 35.9 Å². The zero-order valence-corrected chi connectivity index (χ0v) is 17.4. The number of cyclic esters (lactones) is 1. The van der Waals surface area contributed by atoms with E-state index in [4.69, 9.17) is 4.74 Å². The first kappa shape index (κ1) is 21.9. The Hall–Kier alpha value is -4.33. The predicted octanol–water partition coefficient (Wildman–Crippen LogP) is 3.51. The van der Waals surface area contributed by atoms with E-state index in [2.05, 4.69) is 5.32 Å². The fraction of sp³-hybridized carbons (Fsp3) is 0.120. The number of benzene rings is 3. The van der Waals surface area contributed by atoms with Crippen LogP contribution in [0, 0.1) is 5.82 Å². The van der Waals surface area contributed by atoms with E-state index >= 15 is 0 Å². The van der Waals surface area contributed by atoms with Crippen LogP contribution < -0.4 is 5.32 Å². The molecule has 0 aromatic heterocycles. The SMILES string of the molecule is O=C(NC(CN1C(=O)COC1=O)c1ccccc1)c1ccccc1C(=O)c1ccc(F)cc1. The summed E-state index contributed by atoms with van der Waals surface area (Å²) in [5.41, 5.74) is 1.16. The van der Waals surface area contributed by atoms with Crippen molar-refractivity contribution in [3.63, 3.8) is 0 Å². The lowest BCUT2D eigenvalue weighted by atomic mass is 9.97. The lowest BCUT2D eigenvalue weighted by molar-refractivity contribution is -0.126. The van der Waals surface area contributed by atoms with Gasteiger partial charge in [-0.1, -0.05) is 48.5 Å². The minimum atomic E-state index is -0.776. The van der Waals surface area contributed by atoms with Crippen LogP contribution in [0.3, 0.4) is 0 Å². The number of carbonyl (C=O) groups excluding carboxylic acids is 4. The average molecular weight is 446 g/mol. The molecule has 1 atom stereocenters. The number of hydrogen-bond donors (Lipinski definition) is 1. The smallest absolute Gasteiger partial charge is 0.417 e. The molecule has 0 radical (unpaired) electrons. The largest absolute Gasteiger partial charge is 0.439 e. The summed E-state index contributed by atoms with van der Waals surface area (Å²) < 4.78 is 18.0. The highest BCUT2D eigenvalue weighted by atomic mass is 19.1. The van der Waals surface area contributed by atoms with Crippen molar-refractivity contribution < 1.29 is 28.3 Å². The monoisotopic (exact) mass is 446 g/mol. The minimum absolute atomic E-state index is 0.114. The van der Waals surface area contributed by atoms with E-state index in [1.54, 1.807) is 42.5 Å². The highest BCUT2D eigenvalue weighted by Gasteiger charge is 2.34. The van der Waals surface area contributed by atoms with Crippen LogP contribution in [0.25, 0.3) is 0 Å². The van der Waals surface area contributed by atoms with Crippen molar-refractivity contribution in [3.8, 4) is 0 Å². The second kappa shape index (κ2) is 9.44. The first-order chi connectivity index (χ1) is 15.9. The Kier molecular flexibility index (Phi) is 6.26. The number of ketones is 1. The van der Waals surface area contributed by atoms with Crippen LogP contribution in [0.15, 0.2) is 78.9 Å². The van der Waals surface area contributed by atoms with Gasteiger partial charge in [-0.2, -0.15) is 0 Å². The molecule has 0 aliphatic carbocycles. The van der Waals surface area contributed by atoms with E-state index < -0.39 is 35.5 Å².